The Morgan fingerprint density at radius 3 is 2.96 bits per heavy atom. The highest BCUT2D eigenvalue weighted by Gasteiger charge is 2.35. The molecule has 27 heavy (non-hydrogen) atoms. The number of nitrogens with one attached hydrogen (secondary N) is 1. The molecule has 1 aliphatic carbocycles. The third kappa shape index (κ3) is 3.81. The molecule has 9 heteroatoms. The van der Waals surface area contributed by atoms with E-state index >= 15 is 0 Å². The molecule has 0 aromatic carbocycles. The van der Waals surface area contributed by atoms with Gasteiger partial charge in [-0.15, -0.1) is 11.3 Å². The van der Waals surface area contributed by atoms with Gasteiger partial charge < -0.3 is 10.3 Å². The fraction of sp³-hybridized carbons (Fsp3) is 0.556. The summed E-state index contributed by atoms with van der Waals surface area (Å²) in [6, 6.07) is 3.66. The zero-order valence-electron chi connectivity index (χ0n) is 15.2. The van der Waals surface area contributed by atoms with E-state index in [2.05, 4.69) is 19.3 Å². The van der Waals surface area contributed by atoms with Crippen LogP contribution in [0.4, 0.5) is 0 Å². The van der Waals surface area contributed by atoms with Gasteiger partial charge in [-0.2, -0.15) is 0 Å². The summed E-state index contributed by atoms with van der Waals surface area (Å²) in [6.45, 7) is 1.26. The molecule has 2 aromatic heterocycles. The van der Waals surface area contributed by atoms with Crippen LogP contribution in [0.2, 0.25) is 0 Å². The zero-order chi connectivity index (χ0) is 18.9. The van der Waals surface area contributed by atoms with Gasteiger partial charge in [0, 0.05) is 19.0 Å². The second-order valence-corrected chi connectivity index (χ2v) is 10.1. The third-order valence-corrected chi connectivity index (χ3v) is 8.24. The molecule has 0 spiro atoms. The summed E-state index contributed by atoms with van der Waals surface area (Å²) in [5, 5.41) is 1.77. The van der Waals surface area contributed by atoms with Gasteiger partial charge in [0.15, 0.2) is 0 Å². The van der Waals surface area contributed by atoms with Gasteiger partial charge in [-0.3, -0.25) is 4.99 Å². The smallest absolute Gasteiger partial charge is 0.250 e. The number of hydrogen-bond acceptors (Lipinski definition) is 6. The molecule has 0 bridgehead atoms. The number of thiophene rings is 1. The second kappa shape index (κ2) is 7.73. The molecule has 2 aliphatic rings. The molecule has 2 atom stereocenters. The minimum atomic E-state index is -3.37. The maximum Gasteiger partial charge on any atom is 0.250 e. The molecule has 1 fully saturated rings. The van der Waals surface area contributed by atoms with Crippen molar-refractivity contribution in [1.29, 1.82) is 0 Å². The second-order valence-electron chi connectivity index (χ2n) is 7.18. The Labute approximate surface area is 163 Å². The molecule has 2 aromatic rings. The molecule has 2 unspecified atom stereocenters. The molecule has 3 N–H and O–H groups in total. The summed E-state index contributed by atoms with van der Waals surface area (Å²) in [5.41, 5.74) is 8.21. The topological polar surface area (TPSA) is 102 Å². The summed E-state index contributed by atoms with van der Waals surface area (Å²) in [7, 11) is -3.37. The Balaban J connectivity index is 1.35. The van der Waals surface area contributed by atoms with Gasteiger partial charge in [0.2, 0.25) is 10.0 Å². The number of aliphatic imine (C=N–C) groups is 1. The van der Waals surface area contributed by atoms with Crippen molar-refractivity contribution in [3.05, 3.63) is 35.2 Å². The normalized spacial score (nSPS) is 22.1. The van der Waals surface area contributed by atoms with Crippen LogP contribution in [0.3, 0.4) is 0 Å². The highest BCUT2D eigenvalue weighted by molar-refractivity contribution is 7.91. The average Bonchev–Trinajstić information content (AvgIpc) is 3.32. The lowest BCUT2D eigenvalue weighted by atomic mass is 9.80. The van der Waals surface area contributed by atoms with Crippen LogP contribution in [0.1, 0.15) is 55.8 Å². The van der Waals surface area contributed by atoms with Crippen molar-refractivity contribution in [2.24, 2.45) is 10.7 Å². The number of aryl methyl sites for hydroxylation is 1. The quantitative estimate of drug-likeness (QED) is 0.688. The summed E-state index contributed by atoms with van der Waals surface area (Å²) in [5.74, 6) is 0.983. The Morgan fingerprint density at radius 1 is 1.30 bits per heavy atom. The van der Waals surface area contributed by atoms with Gasteiger partial charge in [-0.25, -0.2) is 18.1 Å². The van der Waals surface area contributed by atoms with E-state index in [0.29, 0.717) is 28.5 Å². The van der Waals surface area contributed by atoms with Crippen molar-refractivity contribution in [2.75, 3.05) is 6.54 Å². The minimum absolute atomic E-state index is 0.291. The standard InChI is InChI=1S/C18H25N5O2S2/c19-18-16-17(13-6-1-2-7-14(13)22-18)23(12-20-16)10-4-3-9-21-27(24,25)15-8-5-11-26-15/h5,8,11-14,21H,1-4,6-7,9-10H2,(H2,19,22). The van der Waals surface area contributed by atoms with Crippen LogP contribution >= 0.6 is 11.3 Å². The van der Waals surface area contributed by atoms with E-state index in [4.69, 9.17) is 5.73 Å². The number of sulfonamides is 1. The summed E-state index contributed by atoms with van der Waals surface area (Å²) < 4.78 is 29.5. The number of nitrogens with zero attached hydrogens (tertiary/aromatic N) is 3. The summed E-state index contributed by atoms with van der Waals surface area (Å²) in [6.07, 6.45) is 8.19. The first-order valence-electron chi connectivity index (χ1n) is 9.48. The Bertz CT molecular complexity index is 918. The molecular formula is C18H25N5O2S2. The Morgan fingerprint density at radius 2 is 2.15 bits per heavy atom. The van der Waals surface area contributed by atoms with Gasteiger partial charge in [-0.1, -0.05) is 18.9 Å². The number of rotatable bonds is 7. The van der Waals surface area contributed by atoms with Crippen LogP contribution < -0.4 is 10.5 Å². The fourth-order valence-electron chi connectivity index (χ4n) is 4.08. The van der Waals surface area contributed by atoms with Gasteiger partial charge in [0.25, 0.3) is 0 Å². The maximum absolute atomic E-state index is 12.1. The van der Waals surface area contributed by atoms with Crippen molar-refractivity contribution in [3.8, 4) is 0 Å². The number of fused-ring (bicyclic) bond motifs is 3. The zero-order valence-corrected chi connectivity index (χ0v) is 16.8. The number of imidazole rings is 1. The molecule has 1 aliphatic heterocycles. The van der Waals surface area contributed by atoms with Crippen molar-refractivity contribution >= 4 is 27.2 Å². The van der Waals surface area contributed by atoms with Gasteiger partial charge >= 0.3 is 0 Å². The van der Waals surface area contributed by atoms with Crippen LogP contribution in [0.5, 0.6) is 0 Å². The monoisotopic (exact) mass is 407 g/mol. The van der Waals surface area contributed by atoms with Gasteiger partial charge in [-0.05, 0) is 37.1 Å². The van der Waals surface area contributed by atoms with Crippen LogP contribution in [0, 0.1) is 0 Å². The van der Waals surface area contributed by atoms with E-state index < -0.39 is 10.0 Å². The first kappa shape index (κ1) is 18.6. The highest BCUT2D eigenvalue weighted by Crippen LogP contribution is 2.39. The number of hydrogen-bond donors (Lipinski definition) is 2. The predicted molar refractivity (Wildman–Crippen MR) is 107 cm³/mol. The van der Waals surface area contributed by atoms with E-state index in [1.807, 2.05) is 6.33 Å². The van der Waals surface area contributed by atoms with E-state index in [9.17, 15) is 8.42 Å². The number of unbranched alkanes of at least 4 members (excludes halogenated alkanes) is 1. The molecule has 146 valence electrons. The van der Waals surface area contributed by atoms with Crippen molar-refractivity contribution in [3.63, 3.8) is 0 Å². The SMILES string of the molecule is NC1=NC2CCCCC2c2c1ncn2CCCCNS(=O)(=O)c1cccs1. The van der Waals surface area contributed by atoms with Crippen molar-refractivity contribution in [2.45, 2.75) is 61.2 Å². The van der Waals surface area contributed by atoms with Crippen LogP contribution in [0.15, 0.2) is 33.0 Å². The Kier molecular flexibility index (Phi) is 5.34. The largest absolute Gasteiger partial charge is 0.382 e. The maximum atomic E-state index is 12.1. The lowest BCUT2D eigenvalue weighted by Crippen LogP contribution is -2.33. The van der Waals surface area contributed by atoms with Gasteiger partial charge in [0.1, 0.15) is 15.7 Å². The van der Waals surface area contributed by atoms with Crippen molar-refractivity contribution in [1.82, 2.24) is 14.3 Å². The molecule has 4 rings (SSSR count). The summed E-state index contributed by atoms with van der Waals surface area (Å²) in [4.78, 5) is 9.16. The summed E-state index contributed by atoms with van der Waals surface area (Å²) >= 11 is 1.23. The first-order chi connectivity index (χ1) is 13.1. The van der Waals surface area contributed by atoms with Crippen molar-refractivity contribution < 1.29 is 8.42 Å². The fourth-order valence-corrected chi connectivity index (χ4v) is 6.19. The molecule has 3 heterocycles. The third-order valence-electron chi connectivity index (χ3n) is 5.38. The lowest BCUT2D eigenvalue weighted by Gasteiger charge is -2.33. The lowest BCUT2D eigenvalue weighted by molar-refractivity contribution is 0.365. The number of aromatic nitrogens is 2. The molecule has 0 radical (unpaired) electrons. The molecule has 1 saturated carbocycles. The molecule has 0 amide bonds. The Hall–Kier alpha value is -1.71. The molecular weight excluding hydrogens is 382 g/mol. The van der Waals surface area contributed by atoms with E-state index in [1.165, 1.54) is 29.9 Å². The number of nitrogens with two attached hydrogens (primary N) is 1. The van der Waals surface area contributed by atoms with E-state index in [1.54, 1.807) is 17.5 Å². The van der Waals surface area contributed by atoms with Crippen LogP contribution in [0.25, 0.3) is 0 Å². The predicted octanol–water partition coefficient (Wildman–Crippen LogP) is 2.45. The van der Waals surface area contributed by atoms with Gasteiger partial charge in [0.05, 0.1) is 18.1 Å². The van der Waals surface area contributed by atoms with E-state index in [-0.39, 0.29) is 0 Å². The number of amidine groups is 1. The van der Waals surface area contributed by atoms with Crippen LogP contribution in [-0.4, -0.2) is 36.4 Å². The molecule has 7 nitrogen and oxygen atoms in total. The van der Waals surface area contributed by atoms with E-state index in [0.717, 1.165) is 37.9 Å². The highest BCUT2D eigenvalue weighted by atomic mass is 32.2. The first-order valence-corrected chi connectivity index (χ1v) is 11.8. The average molecular weight is 408 g/mol. The van der Waals surface area contributed by atoms with Crippen LogP contribution in [-0.2, 0) is 16.6 Å². The minimum Gasteiger partial charge on any atom is -0.382 e. The molecule has 0 saturated heterocycles.